The second kappa shape index (κ2) is 6.88. The second-order valence-electron chi connectivity index (χ2n) is 5.77. The molecule has 1 aliphatic carbocycles. The Balaban J connectivity index is 2.24. The van der Waals surface area contributed by atoms with Crippen LogP contribution in [-0.2, 0) is 0 Å². The van der Waals surface area contributed by atoms with Crippen LogP contribution in [0.1, 0.15) is 54.4 Å². The Bertz CT molecular complexity index is 551. The minimum Gasteiger partial charge on any atom is -0.391 e. The Morgan fingerprint density at radius 1 is 1.29 bits per heavy atom. The lowest BCUT2D eigenvalue weighted by Crippen LogP contribution is -2.56. The lowest BCUT2D eigenvalue weighted by atomic mass is 9.89. The third kappa shape index (κ3) is 3.83. The van der Waals surface area contributed by atoms with Gasteiger partial charge < -0.3 is 11.1 Å². The number of hydrogen-bond donors (Lipinski definition) is 2. The normalized spacial score (nSPS) is 17.8. The fraction of sp³-hybridized carbons (Fsp3) is 0.500. The molecule has 5 heteroatoms. The zero-order valence-electron chi connectivity index (χ0n) is 12.2. The van der Waals surface area contributed by atoms with Crippen molar-refractivity contribution in [2.24, 2.45) is 5.73 Å². The minimum absolute atomic E-state index is 0.0882. The molecule has 1 aliphatic rings. The maximum Gasteiger partial charge on any atom is 0.252 e. The summed E-state index contributed by atoms with van der Waals surface area (Å²) in [6, 6.07) is 5.65. The maximum atomic E-state index is 12.6. The third-order valence-electron chi connectivity index (χ3n) is 4.21. The summed E-state index contributed by atoms with van der Waals surface area (Å²) in [6.07, 6.45) is 6.14. The van der Waals surface area contributed by atoms with Crippen molar-refractivity contribution in [1.82, 2.24) is 5.32 Å². The number of aryl methyl sites for hydroxylation is 1. The molecule has 1 saturated carbocycles. The highest BCUT2D eigenvalue weighted by atomic mass is 79.9. The van der Waals surface area contributed by atoms with Crippen LogP contribution in [-0.4, -0.2) is 16.4 Å². The van der Waals surface area contributed by atoms with Gasteiger partial charge in [-0.2, -0.15) is 0 Å². The van der Waals surface area contributed by atoms with Gasteiger partial charge in [0.05, 0.1) is 10.5 Å². The number of nitrogens with two attached hydrogens (primary N) is 1. The Morgan fingerprint density at radius 3 is 2.43 bits per heavy atom. The molecule has 3 nitrogen and oxygen atoms in total. The van der Waals surface area contributed by atoms with Crippen molar-refractivity contribution in [3.8, 4) is 0 Å². The molecule has 0 radical (unpaired) electrons. The molecule has 1 fully saturated rings. The van der Waals surface area contributed by atoms with E-state index in [9.17, 15) is 4.79 Å². The van der Waals surface area contributed by atoms with Crippen molar-refractivity contribution in [1.29, 1.82) is 0 Å². The zero-order valence-corrected chi connectivity index (χ0v) is 14.6. The Morgan fingerprint density at radius 2 is 1.90 bits per heavy atom. The van der Waals surface area contributed by atoms with E-state index in [1.54, 1.807) is 0 Å². The SMILES string of the molecule is Cc1cc(Br)ccc1C(=O)NC1(C(N)=S)CCCCCC1. The third-order valence-corrected chi connectivity index (χ3v) is 5.10. The average molecular weight is 369 g/mol. The van der Waals surface area contributed by atoms with E-state index in [0.717, 1.165) is 35.7 Å². The predicted molar refractivity (Wildman–Crippen MR) is 93.6 cm³/mol. The van der Waals surface area contributed by atoms with Crippen molar-refractivity contribution < 1.29 is 4.79 Å². The smallest absolute Gasteiger partial charge is 0.252 e. The monoisotopic (exact) mass is 368 g/mol. The molecule has 1 aromatic carbocycles. The van der Waals surface area contributed by atoms with Crippen LogP contribution in [0.4, 0.5) is 0 Å². The summed E-state index contributed by atoms with van der Waals surface area (Å²) in [4.78, 5) is 13.0. The molecule has 0 spiro atoms. The number of carbonyl (C=O) groups excluding carboxylic acids is 1. The molecule has 0 atom stereocenters. The highest BCUT2D eigenvalue weighted by Crippen LogP contribution is 2.28. The topological polar surface area (TPSA) is 55.1 Å². The first-order valence-electron chi connectivity index (χ1n) is 7.33. The fourth-order valence-electron chi connectivity index (χ4n) is 2.93. The molecule has 0 saturated heterocycles. The van der Waals surface area contributed by atoms with Gasteiger partial charge in [0.1, 0.15) is 0 Å². The molecule has 3 N–H and O–H groups in total. The summed E-state index contributed by atoms with van der Waals surface area (Å²) in [5.74, 6) is -0.0882. The molecule has 0 unspecified atom stereocenters. The van der Waals surface area contributed by atoms with E-state index in [0.29, 0.717) is 10.6 Å². The van der Waals surface area contributed by atoms with Gasteiger partial charge in [-0.3, -0.25) is 4.79 Å². The van der Waals surface area contributed by atoms with E-state index < -0.39 is 5.54 Å². The highest BCUT2D eigenvalue weighted by Gasteiger charge is 2.35. The van der Waals surface area contributed by atoms with Crippen LogP contribution in [0, 0.1) is 6.92 Å². The van der Waals surface area contributed by atoms with Gasteiger partial charge in [0.15, 0.2) is 0 Å². The Labute approximate surface area is 139 Å². The maximum absolute atomic E-state index is 12.6. The van der Waals surface area contributed by atoms with Crippen LogP contribution in [0.25, 0.3) is 0 Å². The fourth-order valence-corrected chi connectivity index (χ4v) is 3.66. The van der Waals surface area contributed by atoms with Crippen molar-refractivity contribution in [3.63, 3.8) is 0 Å². The lowest BCUT2D eigenvalue weighted by molar-refractivity contribution is 0.0917. The van der Waals surface area contributed by atoms with Crippen LogP contribution >= 0.6 is 28.1 Å². The van der Waals surface area contributed by atoms with E-state index in [4.69, 9.17) is 18.0 Å². The van der Waals surface area contributed by atoms with Gasteiger partial charge in [0.25, 0.3) is 5.91 Å². The first-order valence-corrected chi connectivity index (χ1v) is 8.53. The molecule has 1 aromatic rings. The molecule has 114 valence electrons. The lowest BCUT2D eigenvalue weighted by Gasteiger charge is -2.33. The van der Waals surface area contributed by atoms with Crippen LogP contribution < -0.4 is 11.1 Å². The van der Waals surface area contributed by atoms with Gasteiger partial charge in [0, 0.05) is 10.0 Å². The van der Waals surface area contributed by atoms with Crippen molar-refractivity contribution in [3.05, 3.63) is 33.8 Å². The average Bonchev–Trinajstić information content (AvgIpc) is 2.65. The van der Waals surface area contributed by atoms with Crippen LogP contribution in [0.2, 0.25) is 0 Å². The van der Waals surface area contributed by atoms with Crippen LogP contribution in [0.5, 0.6) is 0 Å². The van der Waals surface area contributed by atoms with Crippen molar-refractivity contribution >= 4 is 39.0 Å². The summed E-state index contributed by atoms with van der Waals surface area (Å²) in [5, 5.41) is 3.13. The van der Waals surface area contributed by atoms with Gasteiger partial charge in [0.2, 0.25) is 0 Å². The van der Waals surface area contributed by atoms with E-state index >= 15 is 0 Å². The van der Waals surface area contributed by atoms with E-state index in [1.165, 1.54) is 12.8 Å². The van der Waals surface area contributed by atoms with Gasteiger partial charge >= 0.3 is 0 Å². The molecule has 0 aromatic heterocycles. The minimum atomic E-state index is -0.525. The number of hydrogen-bond acceptors (Lipinski definition) is 2. The number of amides is 1. The number of benzene rings is 1. The molecule has 2 rings (SSSR count). The van der Waals surface area contributed by atoms with Crippen molar-refractivity contribution in [2.45, 2.75) is 51.0 Å². The van der Waals surface area contributed by atoms with Gasteiger partial charge in [-0.15, -0.1) is 0 Å². The Kier molecular flexibility index (Phi) is 5.38. The molecule has 0 bridgehead atoms. The van der Waals surface area contributed by atoms with Gasteiger partial charge in [-0.25, -0.2) is 0 Å². The van der Waals surface area contributed by atoms with Gasteiger partial charge in [-0.05, 0) is 43.5 Å². The summed E-state index contributed by atoms with van der Waals surface area (Å²) in [5.41, 5.74) is 7.06. The number of carbonyl (C=O) groups is 1. The number of rotatable bonds is 3. The number of thiocarbonyl (C=S) groups is 1. The Hall–Kier alpha value is -0.940. The van der Waals surface area contributed by atoms with Crippen LogP contribution in [0.15, 0.2) is 22.7 Å². The largest absolute Gasteiger partial charge is 0.391 e. The molecule has 0 aliphatic heterocycles. The first-order chi connectivity index (χ1) is 9.94. The first kappa shape index (κ1) is 16.4. The van der Waals surface area contributed by atoms with Crippen LogP contribution in [0.3, 0.4) is 0 Å². The van der Waals surface area contributed by atoms with Gasteiger partial charge in [-0.1, -0.05) is 53.8 Å². The quantitative estimate of drug-likeness (QED) is 0.628. The summed E-state index contributed by atoms with van der Waals surface area (Å²) < 4.78 is 0.968. The highest BCUT2D eigenvalue weighted by molar-refractivity contribution is 9.10. The van der Waals surface area contributed by atoms with E-state index in [1.807, 2.05) is 25.1 Å². The predicted octanol–water partition coefficient (Wildman–Crippen LogP) is 3.87. The molecular formula is C16H21BrN2OS. The van der Waals surface area contributed by atoms with Crippen molar-refractivity contribution in [2.75, 3.05) is 0 Å². The second-order valence-corrected chi connectivity index (χ2v) is 7.13. The molecule has 21 heavy (non-hydrogen) atoms. The summed E-state index contributed by atoms with van der Waals surface area (Å²) >= 11 is 8.68. The van der Waals surface area contributed by atoms with E-state index in [2.05, 4.69) is 21.2 Å². The number of nitrogens with one attached hydrogen (secondary N) is 1. The molecular weight excluding hydrogens is 348 g/mol. The zero-order chi connectivity index (χ0) is 15.5. The standard InChI is InChI=1S/C16H21BrN2OS/c1-11-10-12(17)6-7-13(11)14(20)19-16(15(18)21)8-4-2-3-5-9-16/h6-7,10H,2-5,8-9H2,1H3,(H2,18,21)(H,19,20). The number of halogens is 1. The summed E-state index contributed by atoms with van der Waals surface area (Å²) in [6.45, 7) is 1.93. The summed E-state index contributed by atoms with van der Waals surface area (Å²) in [7, 11) is 0. The van der Waals surface area contributed by atoms with E-state index in [-0.39, 0.29) is 5.91 Å². The molecule has 0 heterocycles. The molecule has 1 amide bonds.